The molecule has 1 amide bonds. The van der Waals surface area contributed by atoms with Crippen LogP contribution in [-0.2, 0) is 4.79 Å². The fourth-order valence-corrected chi connectivity index (χ4v) is 2.74. The van der Waals surface area contributed by atoms with E-state index < -0.39 is 5.54 Å². The molecule has 0 radical (unpaired) electrons. The number of carbonyl (C=O) groups excluding carboxylic acids is 1. The second-order valence-corrected chi connectivity index (χ2v) is 6.67. The third-order valence-electron chi connectivity index (χ3n) is 4.14. The summed E-state index contributed by atoms with van der Waals surface area (Å²) in [6.07, 6.45) is 4.94. The fraction of sp³-hybridized carbons (Fsp3) is 0.867. The second kappa shape index (κ2) is 6.38. The van der Waals surface area contributed by atoms with Crippen molar-refractivity contribution in [3.05, 3.63) is 0 Å². The highest BCUT2D eigenvalue weighted by atomic mass is 16.1. The summed E-state index contributed by atoms with van der Waals surface area (Å²) >= 11 is 0. The molecule has 0 saturated heterocycles. The molecule has 1 aliphatic rings. The van der Waals surface area contributed by atoms with Crippen LogP contribution in [0.4, 0.5) is 0 Å². The lowest BCUT2D eigenvalue weighted by Crippen LogP contribution is -2.45. The topological polar surface area (TPSA) is 78.9 Å². The maximum atomic E-state index is 12.1. The lowest BCUT2D eigenvalue weighted by molar-refractivity contribution is -0.126. The van der Waals surface area contributed by atoms with Crippen LogP contribution >= 0.6 is 0 Å². The zero-order chi connectivity index (χ0) is 14.5. The first-order valence-corrected chi connectivity index (χ1v) is 7.30. The van der Waals surface area contributed by atoms with Crippen molar-refractivity contribution in [3.8, 4) is 6.07 Å². The minimum absolute atomic E-state index is 0.0300. The summed E-state index contributed by atoms with van der Waals surface area (Å²) in [7, 11) is 0. The van der Waals surface area contributed by atoms with E-state index in [0.29, 0.717) is 12.8 Å². The van der Waals surface area contributed by atoms with Crippen molar-refractivity contribution in [1.82, 2.24) is 5.32 Å². The van der Waals surface area contributed by atoms with E-state index in [1.54, 1.807) is 0 Å². The van der Waals surface area contributed by atoms with E-state index in [1.165, 1.54) is 0 Å². The summed E-state index contributed by atoms with van der Waals surface area (Å²) in [5, 5.41) is 12.0. The van der Waals surface area contributed by atoms with Crippen molar-refractivity contribution in [2.45, 2.75) is 64.8 Å². The molecule has 0 aromatic rings. The maximum Gasteiger partial charge on any atom is 0.223 e. The van der Waals surface area contributed by atoms with Crippen LogP contribution in [0, 0.1) is 22.7 Å². The second-order valence-electron chi connectivity index (χ2n) is 6.67. The average Bonchev–Trinajstić information content (AvgIpc) is 2.37. The summed E-state index contributed by atoms with van der Waals surface area (Å²) in [6.45, 7) is 7.24. The number of nitriles is 1. The van der Waals surface area contributed by atoms with Gasteiger partial charge in [-0.3, -0.25) is 4.79 Å². The number of nitrogens with one attached hydrogen (secondary N) is 1. The first kappa shape index (κ1) is 16.0. The predicted octanol–water partition coefficient (Wildman–Crippen LogP) is 2.34. The molecule has 1 fully saturated rings. The summed E-state index contributed by atoms with van der Waals surface area (Å²) in [6, 6.07) is 2.16. The van der Waals surface area contributed by atoms with E-state index in [-0.39, 0.29) is 17.2 Å². The van der Waals surface area contributed by atoms with Gasteiger partial charge in [-0.15, -0.1) is 0 Å². The largest absolute Gasteiger partial charge is 0.355 e. The Hall–Kier alpha value is -1.08. The van der Waals surface area contributed by atoms with Crippen molar-refractivity contribution >= 4 is 5.91 Å². The van der Waals surface area contributed by atoms with Crippen molar-refractivity contribution in [1.29, 1.82) is 5.26 Å². The number of nitrogens with two attached hydrogens (primary N) is 1. The van der Waals surface area contributed by atoms with Crippen LogP contribution < -0.4 is 11.1 Å². The van der Waals surface area contributed by atoms with Crippen LogP contribution in [0.25, 0.3) is 0 Å². The smallest absolute Gasteiger partial charge is 0.223 e. The molecule has 1 rings (SSSR count). The van der Waals surface area contributed by atoms with Gasteiger partial charge in [-0.25, -0.2) is 0 Å². The summed E-state index contributed by atoms with van der Waals surface area (Å²) < 4.78 is 0. The highest BCUT2D eigenvalue weighted by Crippen LogP contribution is 2.30. The van der Waals surface area contributed by atoms with Gasteiger partial charge in [0.1, 0.15) is 5.54 Å². The monoisotopic (exact) mass is 265 g/mol. The van der Waals surface area contributed by atoms with Gasteiger partial charge in [0.15, 0.2) is 0 Å². The molecule has 108 valence electrons. The van der Waals surface area contributed by atoms with E-state index in [4.69, 9.17) is 11.0 Å². The van der Waals surface area contributed by atoms with Crippen LogP contribution in [0.2, 0.25) is 0 Å². The minimum atomic E-state index is -0.710. The third kappa shape index (κ3) is 4.83. The Morgan fingerprint density at radius 3 is 2.53 bits per heavy atom. The van der Waals surface area contributed by atoms with E-state index in [1.807, 2.05) is 0 Å². The summed E-state index contributed by atoms with van der Waals surface area (Å²) in [5.74, 6) is 0.159. The molecular formula is C15H27N3O. The normalized spacial score (nSPS) is 27.6. The lowest BCUT2D eigenvalue weighted by Gasteiger charge is -2.32. The van der Waals surface area contributed by atoms with Gasteiger partial charge in [-0.05, 0) is 37.5 Å². The molecule has 0 aromatic carbocycles. The van der Waals surface area contributed by atoms with Crippen LogP contribution in [-0.4, -0.2) is 18.0 Å². The van der Waals surface area contributed by atoms with Crippen LogP contribution in [0.5, 0.6) is 0 Å². The molecule has 1 aliphatic carbocycles. The Labute approximate surface area is 116 Å². The lowest BCUT2D eigenvalue weighted by atomic mass is 9.77. The first-order chi connectivity index (χ1) is 8.82. The highest BCUT2D eigenvalue weighted by molar-refractivity contribution is 5.78. The number of hydrogen-bond acceptors (Lipinski definition) is 3. The van der Waals surface area contributed by atoms with Crippen molar-refractivity contribution in [2.75, 3.05) is 6.54 Å². The molecule has 0 aliphatic heterocycles. The van der Waals surface area contributed by atoms with Crippen LogP contribution in [0.15, 0.2) is 0 Å². The summed E-state index contributed by atoms with van der Waals surface area (Å²) in [4.78, 5) is 12.1. The molecule has 1 saturated carbocycles. The van der Waals surface area contributed by atoms with E-state index >= 15 is 0 Å². The Bertz CT molecular complexity index is 349. The van der Waals surface area contributed by atoms with Crippen molar-refractivity contribution in [3.63, 3.8) is 0 Å². The fourth-order valence-electron chi connectivity index (χ4n) is 2.74. The van der Waals surface area contributed by atoms with Gasteiger partial charge in [0.2, 0.25) is 5.91 Å². The SMILES string of the molecule is CCCC(C)(C)CNC(=O)C1CCC(N)(C#N)CC1. The number of rotatable bonds is 5. The van der Waals surface area contributed by atoms with E-state index in [0.717, 1.165) is 32.2 Å². The number of carbonyl (C=O) groups is 1. The molecule has 19 heavy (non-hydrogen) atoms. The van der Waals surface area contributed by atoms with Gasteiger partial charge in [-0.1, -0.05) is 27.2 Å². The Kier molecular flexibility index (Phi) is 5.37. The first-order valence-electron chi connectivity index (χ1n) is 7.30. The molecular weight excluding hydrogens is 238 g/mol. The molecule has 0 unspecified atom stereocenters. The van der Waals surface area contributed by atoms with Gasteiger partial charge in [0.25, 0.3) is 0 Å². The Morgan fingerprint density at radius 2 is 2.05 bits per heavy atom. The van der Waals surface area contributed by atoms with Crippen molar-refractivity contribution in [2.24, 2.45) is 17.1 Å². The predicted molar refractivity (Wildman–Crippen MR) is 76.2 cm³/mol. The van der Waals surface area contributed by atoms with E-state index in [2.05, 4.69) is 32.2 Å². The molecule has 0 aromatic heterocycles. The Morgan fingerprint density at radius 1 is 1.47 bits per heavy atom. The Balaban J connectivity index is 2.38. The molecule has 0 spiro atoms. The number of nitrogens with zero attached hydrogens (tertiary/aromatic N) is 1. The number of amides is 1. The number of hydrogen-bond donors (Lipinski definition) is 2. The van der Waals surface area contributed by atoms with Gasteiger partial charge in [0.05, 0.1) is 6.07 Å². The molecule has 4 heteroatoms. The highest BCUT2D eigenvalue weighted by Gasteiger charge is 2.34. The van der Waals surface area contributed by atoms with Gasteiger partial charge in [0, 0.05) is 12.5 Å². The molecule has 4 nitrogen and oxygen atoms in total. The molecule has 0 atom stereocenters. The van der Waals surface area contributed by atoms with Crippen LogP contribution in [0.3, 0.4) is 0 Å². The minimum Gasteiger partial charge on any atom is -0.355 e. The zero-order valence-corrected chi connectivity index (χ0v) is 12.5. The van der Waals surface area contributed by atoms with Crippen molar-refractivity contribution < 1.29 is 4.79 Å². The average molecular weight is 265 g/mol. The molecule has 0 heterocycles. The standard InChI is InChI=1S/C15H27N3O/c1-4-7-14(2,3)11-18-13(19)12-5-8-15(17,10-16)9-6-12/h12H,4-9,11,17H2,1-3H3,(H,18,19). The van der Waals surface area contributed by atoms with Gasteiger partial charge < -0.3 is 11.1 Å². The van der Waals surface area contributed by atoms with Gasteiger partial charge >= 0.3 is 0 Å². The maximum absolute atomic E-state index is 12.1. The van der Waals surface area contributed by atoms with Crippen LogP contribution in [0.1, 0.15) is 59.3 Å². The zero-order valence-electron chi connectivity index (χ0n) is 12.5. The third-order valence-corrected chi connectivity index (χ3v) is 4.14. The van der Waals surface area contributed by atoms with E-state index in [9.17, 15) is 4.79 Å². The molecule has 0 bridgehead atoms. The van der Waals surface area contributed by atoms with Gasteiger partial charge in [-0.2, -0.15) is 5.26 Å². The summed E-state index contributed by atoms with van der Waals surface area (Å²) in [5.41, 5.74) is 5.36. The molecule has 3 N–H and O–H groups in total. The quantitative estimate of drug-likeness (QED) is 0.800.